The molecule has 0 radical (unpaired) electrons. The van der Waals surface area contributed by atoms with E-state index in [2.05, 4.69) is 0 Å². The van der Waals surface area contributed by atoms with Crippen LogP contribution in [0.1, 0.15) is 41.4 Å². The lowest BCUT2D eigenvalue weighted by atomic mass is 10.1. The second kappa shape index (κ2) is 3.88. The first kappa shape index (κ1) is 11.5. The normalized spacial score (nSPS) is 10.7. The van der Waals surface area contributed by atoms with Gasteiger partial charge in [0, 0.05) is 12.2 Å². The van der Waals surface area contributed by atoms with Crippen LogP contribution in [-0.2, 0) is 0 Å². The van der Waals surface area contributed by atoms with Crippen LogP contribution < -0.4 is 5.56 Å². The maximum absolute atomic E-state index is 11.8. The second-order valence-corrected chi connectivity index (χ2v) is 3.92. The quantitative estimate of drug-likeness (QED) is 0.807. The number of carboxylic acid groups (broad SMARTS) is 1. The number of aryl methyl sites for hydroxylation is 1. The smallest absolute Gasteiger partial charge is 0.341 e. The molecule has 0 amide bonds. The highest BCUT2D eigenvalue weighted by Gasteiger charge is 2.17. The Morgan fingerprint density at radius 2 is 1.93 bits per heavy atom. The molecule has 1 aromatic rings. The predicted octanol–water partition coefficient (Wildman–Crippen LogP) is 1.74. The molecule has 0 bridgehead atoms. The van der Waals surface area contributed by atoms with E-state index in [-0.39, 0.29) is 11.6 Å². The highest BCUT2D eigenvalue weighted by Crippen LogP contribution is 2.11. The standard InChI is InChI=1S/C11H15NO3/c1-6(2)12-5-7(3)8(4)9(10(12)13)11(14)15/h5-6H,1-4H3,(H,14,15). The molecule has 4 nitrogen and oxygen atoms in total. The Labute approximate surface area is 88.2 Å². The summed E-state index contributed by atoms with van der Waals surface area (Å²) in [6, 6.07) is -0.0325. The molecule has 0 saturated carbocycles. The van der Waals surface area contributed by atoms with Gasteiger partial charge in [0.2, 0.25) is 0 Å². The Morgan fingerprint density at radius 3 is 2.33 bits per heavy atom. The molecule has 0 saturated heterocycles. The third kappa shape index (κ3) is 1.93. The van der Waals surface area contributed by atoms with Crippen molar-refractivity contribution in [3.05, 3.63) is 33.2 Å². The summed E-state index contributed by atoms with van der Waals surface area (Å²) in [4.78, 5) is 22.8. The Kier molecular flexibility index (Phi) is 2.98. The van der Waals surface area contributed by atoms with Crippen LogP contribution in [0, 0.1) is 13.8 Å². The highest BCUT2D eigenvalue weighted by atomic mass is 16.4. The van der Waals surface area contributed by atoms with Crippen LogP contribution in [0.5, 0.6) is 0 Å². The number of pyridine rings is 1. The molecule has 0 aromatic carbocycles. The molecule has 0 fully saturated rings. The van der Waals surface area contributed by atoms with Crippen LogP contribution >= 0.6 is 0 Å². The molecule has 1 rings (SSSR count). The first-order valence-corrected chi connectivity index (χ1v) is 4.82. The predicted molar refractivity (Wildman–Crippen MR) is 57.5 cm³/mol. The van der Waals surface area contributed by atoms with Gasteiger partial charge >= 0.3 is 5.97 Å². The minimum Gasteiger partial charge on any atom is -0.477 e. The first-order chi connectivity index (χ1) is 6.86. The largest absolute Gasteiger partial charge is 0.477 e. The Morgan fingerprint density at radius 1 is 1.40 bits per heavy atom. The van der Waals surface area contributed by atoms with Crippen molar-refractivity contribution in [2.24, 2.45) is 0 Å². The molecule has 0 aliphatic heterocycles. The van der Waals surface area contributed by atoms with Crippen molar-refractivity contribution in [1.29, 1.82) is 0 Å². The van der Waals surface area contributed by atoms with Crippen molar-refractivity contribution < 1.29 is 9.90 Å². The molecule has 0 atom stereocenters. The van der Waals surface area contributed by atoms with Crippen LogP contribution in [0.3, 0.4) is 0 Å². The van der Waals surface area contributed by atoms with Gasteiger partial charge in [0.05, 0.1) is 0 Å². The van der Waals surface area contributed by atoms with Crippen molar-refractivity contribution in [2.75, 3.05) is 0 Å². The molecule has 0 unspecified atom stereocenters. The number of aromatic nitrogens is 1. The molecule has 0 aliphatic carbocycles. The zero-order valence-corrected chi connectivity index (χ0v) is 9.37. The molecule has 1 aromatic heterocycles. The summed E-state index contributed by atoms with van der Waals surface area (Å²) in [7, 11) is 0. The van der Waals surface area contributed by atoms with Gasteiger partial charge in [0.15, 0.2) is 0 Å². The minimum atomic E-state index is -1.16. The lowest BCUT2D eigenvalue weighted by molar-refractivity contribution is 0.0693. The molecular weight excluding hydrogens is 194 g/mol. The summed E-state index contributed by atoms with van der Waals surface area (Å²) in [5.41, 5.74) is 0.814. The maximum Gasteiger partial charge on any atom is 0.341 e. The number of carboxylic acids is 1. The van der Waals surface area contributed by atoms with Crippen LogP contribution in [0.2, 0.25) is 0 Å². The SMILES string of the molecule is Cc1cn(C(C)C)c(=O)c(C(=O)O)c1C. The molecule has 1 heterocycles. The number of carbonyl (C=O) groups is 1. The number of rotatable bonds is 2. The lowest BCUT2D eigenvalue weighted by Crippen LogP contribution is -2.29. The first-order valence-electron chi connectivity index (χ1n) is 4.82. The van der Waals surface area contributed by atoms with E-state index in [1.54, 1.807) is 20.0 Å². The summed E-state index contributed by atoms with van der Waals surface area (Å²) in [6.45, 7) is 7.16. The van der Waals surface area contributed by atoms with Crippen molar-refractivity contribution in [1.82, 2.24) is 4.57 Å². The fourth-order valence-corrected chi connectivity index (χ4v) is 1.49. The number of aromatic carboxylic acids is 1. The molecule has 15 heavy (non-hydrogen) atoms. The Balaban J connectivity index is 3.64. The van der Waals surface area contributed by atoms with Gasteiger partial charge in [-0.1, -0.05) is 0 Å². The molecule has 0 aliphatic rings. The van der Waals surface area contributed by atoms with Crippen LogP contribution in [0.25, 0.3) is 0 Å². The van der Waals surface area contributed by atoms with Crippen molar-refractivity contribution in [3.8, 4) is 0 Å². The van der Waals surface area contributed by atoms with E-state index in [1.807, 2.05) is 13.8 Å². The van der Waals surface area contributed by atoms with E-state index in [1.165, 1.54) is 4.57 Å². The average molecular weight is 209 g/mol. The topological polar surface area (TPSA) is 59.3 Å². The van der Waals surface area contributed by atoms with E-state index >= 15 is 0 Å². The lowest BCUT2D eigenvalue weighted by Gasteiger charge is -2.14. The van der Waals surface area contributed by atoms with E-state index in [0.29, 0.717) is 5.56 Å². The number of hydrogen-bond acceptors (Lipinski definition) is 2. The van der Waals surface area contributed by atoms with Gasteiger partial charge < -0.3 is 9.67 Å². The third-order valence-corrected chi connectivity index (χ3v) is 2.52. The van der Waals surface area contributed by atoms with Gasteiger partial charge in [0.25, 0.3) is 5.56 Å². The zero-order valence-electron chi connectivity index (χ0n) is 9.37. The fourth-order valence-electron chi connectivity index (χ4n) is 1.49. The summed E-state index contributed by atoms with van der Waals surface area (Å²) in [5.74, 6) is -1.16. The Bertz CT molecular complexity index is 458. The summed E-state index contributed by atoms with van der Waals surface area (Å²) >= 11 is 0. The van der Waals surface area contributed by atoms with E-state index < -0.39 is 11.5 Å². The molecular formula is C11H15NO3. The minimum absolute atomic E-state index is 0.0325. The van der Waals surface area contributed by atoms with E-state index in [4.69, 9.17) is 5.11 Å². The second-order valence-electron chi connectivity index (χ2n) is 3.92. The molecule has 4 heteroatoms. The summed E-state index contributed by atoms with van der Waals surface area (Å²) in [6.07, 6.45) is 1.70. The third-order valence-electron chi connectivity index (χ3n) is 2.52. The van der Waals surface area contributed by atoms with E-state index in [9.17, 15) is 9.59 Å². The van der Waals surface area contributed by atoms with Gasteiger partial charge in [-0.3, -0.25) is 4.79 Å². The van der Waals surface area contributed by atoms with Gasteiger partial charge in [-0.25, -0.2) is 4.79 Å². The number of hydrogen-bond donors (Lipinski definition) is 1. The fraction of sp³-hybridized carbons (Fsp3) is 0.455. The monoisotopic (exact) mass is 209 g/mol. The zero-order chi connectivity index (χ0) is 11.7. The van der Waals surface area contributed by atoms with Gasteiger partial charge in [-0.2, -0.15) is 0 Å². The maximum atomic E-state index is 11.8. The molecule has 0 spiro atoms. The Hall–Kier alpha value is -1.58. The van der Waals surface area contributed by atoms with Crippen LogP contribution in [0.15, 0.2) is 11.0 Å². The van der Waals surface area contributed by atoms with Crippen molar-refractivity contribution in [3.63, 3.8) is 0 Å². The number of nitrogens with zero attached hydrogens (tertiary/aromatic N) is 1. The molecule has 1 N–H and O–H groups in total. The van der Waals surface area contributed by atoms with Gasteiger partial charge in [0.1, 0.15) is 5.56 Å². The van der Waals surface area contributed by atoms with Crippen LogP contribution in [-0.4, -0.2) is 15.6 Å². The molecule has 82 valence electrons. The van der Waals surface area contributed by atoms with E-state index in [0.717, 1.165) is 5.56 Å². The highest BCUT2D eigenvalue weighted by molar-refractivity contribution is 5.89. The summed E-state index contributed by atoms with van der Waals surface area (Å²) < 4.78 is 1.45. The summed E-state index contributed by atoms with van der Waals surface area (Å²) in [5, 5.41) is 8.96. The van der Waals surface area contributed by atoms with Crippen molar-refractivity contribution >= 4 is 5.97 Å². The van der Waals surface area contributed by atoms with Crippen molar-refractivity contribution in [2.45, 2.75) is 33.7 Å². The average Bonchev–Trinajstić information content (AvgIpc) is 2.10. The van der Waals surface area contributed by atoms with Gasteiger partial charge in [-0.15, -0.1) is 0 Å². The van der Waals surface area contributed by atoms with Gasteiger partial charge in [-0.05, 0) is 38.8 Å². The van der Waals surface area contributed by atoms with Crippen LogP contribution in [0.4, 0.5) is 0 Å².